The summed E-state index contributed by atoms with van der Waals surface area (Å²) in [5.74, 6) is -0.364. The molecule has 0 fully saturated rings. The molecular formula is C9H6Br2FN3S. The predicted octanol–water partition coefficient (Wildman–Crippen LogP) is 3.77. The maximum Gasteiger partial charge on any atom is 0.183 e. The fourth-order valence-electron chi connectivity index (χ4n) is 0.915. The van der Waals surface area contributed by atoms with Crippen LogP contribution < -0.4 is 5.32 Å². The van der Waals surface area contributed by atoms with E-state index >= 15 is 0 Å². The molecule has 0 spiro atoms. The van der Waals surface area contributed by atoms with Crippen LogP contribution in [0.25, 0.3) is 0 Å². The number of nitrogens with zero attached hydrogens (tertiary/aromatic N) is 2. The Morgan fingerprint density at radius 3 is 2.50 bits per heavy atom. The number of thioether (sulfide) groups is 1. The molecule has 0 aliphatic rings. The Bertz CT molecular complexity index is 447. The van der Waals surface area contributed by atoms with Gasteiger partial charge in [0.1, 0.15) is 5.82 Å². The molecule has 0 heterocycles. The first-order chi connectivity index (χ1) is 7.58. The second-order valence-corrected chi connectivity index (χ2v) is 5.08. The number of amidine groups is 1. The van der Waals surface area contributed by atoms with E-state index in [2.05, 4.69) is 42.2 Å². The summed E-state index contributed by atoms with van der Waals surface area (Å²) in [6, 6.07) is 2.63. The fraction of sp³-hybridized carbons (Fsp3) is 0.111. The van der Waals surface area contributed by atoms with Crippen molar-refractivity contribution >= 4 is 54.5 Å². The smallest absolute Gasteiger partial charge is 0.183 e. The zero-order chi connectivity index (χ0) is 12.1. The van der Waals surface area contributed by atoms with E-state index < -0.39 is 0 Å². The SMILES string of the molecule is CSC(=Nc1c(Br)cc(F)cc1Br)NC#N. The number of rotatable bonds is 1. The van der Waals surface area contributed by atoms with Gasteiger partial charge in [-0.25, -0.2) is 9.38 Å². The first-order valence-electron chi connectivity index (χ1n) is 4.00. The minimum absolute atomic E-state index is 0.364. The van der Waals surface area contributed by atoms with Crippen molar-refractivity contribution in [3.05, 3.63) is 26.9 Å². The van der Waals surface area contributed by atoms with E-state index in [1.165, 1.54) is 23.9 Å². The summed E-state index contributed by atoms with van der Waals surface area (Å²) in [4.78, 5) is 4.19. The van der Waals surface area contributed by atoms with Crippen LogP contribution in [-0.2, 0) is 0 Å². The van der Waals surface area contributed by atoms with Gasteiger partial charge in [0.25, 0.3) is 0 Å². The molecule has 3 nitrogen and oxygen atoms in total. The standard InChI is InChI=1S/C9H6Br2FN3S/c1-16-9(14-4-13)15-8-6(10)2-5(12)3-7(8)11/h2-3H,1H3,(H,14,15). The lowest BCUT2D eigenvalue weighted by Crippen LogP contribution is -2.12. The molecule has 0 radical (unpaired) electrons. The Labute approximate surface area is 113 Å². The van der Waals surface area contributed by atoms with Crippen LogP contribution >= 0.6 is 43.6 Å². The molecule has 1 N–H and O–H groups in total. The zero-order valence-corrected chi connectivity index (χ0v) is 12.1. The molecule has 0 aromatic heterocycles. The monoisotopic (exact) mass is 365 g/mol. The van der Waals surface area contributed by atoms with Crippen LogP contribution in [0.1, 0.15) is 0 Å². The number of hydrogen-bond donors (Lipinski definition) is 1. The molecule has 0 aliphatic carbocycles. The molecule has 7 heteroatoms. The van der Waals surface area contributed by atoms with Crippen LogP contribution in [-0.4, -0.2) is 11.4 Å². The van der Waals surface area contributed by atoms with Crippen LogP contribution in [0, 0.1) is 17.3 Å². The van der Waals surface area contributed by atoms with Gasteiger partial charge in [0, 0.05) is 8.95 Å². The van der Waals surface area contributed by atoms with E-state index in [9.17, 15) is 4.39 Å². The molecule has 0 bridgehead atoms. The van der Waals surface area contributed by atoms with Crippen LogP contribution in [0.4, 0.5) is 10.1 Å². The molecule has 0 unspecified atom stereocenters. The van der Waals surface area contributed by atoms with Crippen molar-refractivity contribution in [1.29, 1.82) is 5.26 Å². The van der Waals surface area contributed by atoms with E-state index in [-0.39, 0.29) is 5.82 Å². The minimum Gasteiger partial charge on any atom is -0.271 e. The third kappa shape index (κ3) is 3.47. The highest BCUT2D eigenvalue weighted by Crippen LogP contribution is 2.34. The van der Waals surface area contributed by atoms with Gasteiger partial charge in [-0.2, -0.15) is 5.26 Å². The molecule has 1 aromatic rings. The largest absolute Gasteiger partial charge is 0.271 e. The summed E-state index contributed by atoms with van der Waals surface area (Å²) in [6.45, 7) is 0. The van der Waals surface area contributed by atoms with Crippen LogP contribution in [0.3, 0.4) is 0 Å². The van der Waals surface area contributed by atoms with E-state index in [4.69, 9.17) is 5.26 Å². The number of hydrogen-bond acceptors (Lipinski definition) is 3. The molecular weight excluding hydrogens is 361 g/mol. The molecule has 0 saturated carbocycles. The predicted molar refractivity (Wildman–Crippen MR) is 71.2 cm³/mol. The van der Waals surface area contributed by atoms with E-state index in [1.54, 1.807) is 12.4 Å². The number of halogens is 3. The van der Waals surface area contributed by atoms with Gasteiger partial charge >= 0.3 is 0 Å². The zero-order valence-electron chi connectivity index (χ0n) is 8.09. The van der Waals surface area contributed by atoms with Gasteiger partial charge in [0.05, 0.1) is 5.69 Å². The Balaban J connectivity index is 3.19. The Morgan fingerprint density at radius 2 is 2.06 bits per heavy atom. The molecule has 0 saturated heterocycles. The average molecular weight is 367 g/mol. The maximum absolute atomic E-state index is 13.0. The molecule has 84 valence electrons. The highest BCUT2D eigenvalue weighted by atomic mass is 79.9. The van der Waals surface area contributed by atoms with Crippen molar-refractivity contribution in [2.75, 3.05) is 6.26 Å². The van der Waals surface area contributed by atoms with Crippen molar-refractivity contribution in [1.82, 2.24) is 5.32 Å². The summed E-state index contributed by atoms with van der Waals surface area (Å²) in [5, 5.41) is 11.4. The van der Waals surface area contributed by atoms with E-state index in [0.717, 1.165) is 0 Å². The lowest BCUT2D eigenvalue weighted by Gasteiger charge is -2.04. The van der Waals surface area contributed by atoms with E-state index in [0.29, 0.717) is 19.8 Å². The quantitative estimate of drug-likeness (QED) is 0.356. The summed E-state index contributed by atoms with van der Waals surface area (Å²) in [6.07, 6.45) is 3.57. The molecule has 1 rings (SSSR count). The van der Waals surface area contributed by atoms with Gasteiger partial charge in [0.2, 0.25) is 0 Å². The van der Waals surface area contributed by atoms with Crippen LogP contribution in [0.5, 0.6) is 0 Å². The summed E-state index contributed by atoms with van der Waals surface area (Å²) >= 11 is 7.71. The van der Waals surface area contributed by atoms with Gasteiger partial charge in [-0.3, -0.25) is 5.32 Å². The van der Waals surface area contributed by atoms with Crippen molar-refractivity contribution < 1.29 is 4.39 Å². The van der Waals surface area contributed by atoms with Gasteiger partial charge < -0.3 is 0 Å². The summed E-state index contributed by atoms with van der Waals surface area (Å²) in [5.41, 5.74) is 0.536. The highest BCUT2D eigenvalue weighted by Gasteiger charge is 2.08. The highest BCUT2D eigenvalue weighted by molar-refractivity contribution is 9.11. The van der Waals surface area contributed by atoms with Crippen molar-refractivity contribution in [3.63, 3.8) is 0 Å². The van der Waals surface area contributed by atoms with Crippen molar-refractivity contribution in [3.8, 4) is 6.19 Å². The van der Waals surface area contributed by atoms with Crippen LogP contribution in [0.15, 0.2) is 26.1 Å². The Hall–Kier alpha value is -0.580. The lowest BCUT2D eigenvalue weighted by atomic mass is 10.3. The second kappa shape index (κ2) is 6.23. The molecule has 1 aromatic carbocycles. The third-order valence-corrected chi connectivity index (χ3v) is 3.34. The molecule has 16 heavy (non-hydrogen) atoms. The fourth-order valence-corrected chi connectivity index (χ4v) is 2.55. The average Bonchev–Trinajstić information content (AvgIpc) is 2.21. The lowest BCUT2D eigenvalue weighted by molar-refractivity contribution is 0.626. The number of aliphatic imine (C=N–C) groups is 1. The van der Waals surface area contributed by atoms with Crippen molar-refractivity contribution in [2.45, 2.75) is 0 Å². The molecule has 0 atom stereocenters. The molecule has 0 amide bonds. The second-order valence-electron chi connectivity index (χ2n) is 2.58. The van der Waals surface area contributed by atoms with Gasteiger partial charge in [-0.15, -0.1) is 0 Å². The van der Waals surface area contributed by atoms with Gasteiger partial charge in [-0.1, -0.05) is 11.8 Å². The third-order valence-electron chi connectivity index (χ3n) is 1.55. The van der Waals surface area contributed by atoms with E-state index in [1.807, 2.05) is 0 Å². The van der Waals surface area contributed by atoms with Crippen LogP contribution in [0.2, 0.25) is 0 Å². The normalized spacial score (nSPS) is 11.1. The molecule has 0 aliphatic heterocycles. The van der Waals surface area contributed by atoms with Gasteiger partial charge in [-0.05, 0) is 50.2 Å². The van der Waals surface area contributed by atoms with Crippen molar-refractivity contribution in [2.24, 2.45) is 4.99 Å². The first-order valence-corrected chi connectivity index (χ1v) is 6.82. The maximum atomic E-state index is 13.0. The Kier molecular flexibility index (Phi) is 5.25. The number of nitriles is 1. The first kappa shape index (κ1) is 13.5. The summed E-state index contributed by atoms with van der Waals surface area (Å²) < 4.78 is 14.0. The topological polar surface area (TPSA) is 48.2 Å². The van der Waals surface area contributed by atoms with Gasteiger partial charge in [0.15, 0.2) is 11.4 Å². The minimum atomic E-state index is -0.364. The summed E-state index contributed by atoms with van der Waals surface area (Å²) in [7, 11) is 0. The Morgan fingerprint density at radius 1 is 1.50 bits per heavy atom. The number of benzene rings is 1. The number of nitrogens with one attached hydrogen (secondary N) is 1.